The van der Waals surface area contributed by atoms with Crippen molar-refractivity contribution in [2.45, 2.75) is 51.1 Å². The van der Waals surface area contributed by atoms with E-state index in [2.05, 4.69) is 9.97 Å². The lowest BCUT2D eigenvalue weighted by molar-refractivity contribution is -0.211. The summed E-state index contributed by atoms with van der Waals surface area (Å²) in [6.45, 7) is 5.01. The Morgan fingerprint density at radius 2 is 1.79 bits per heavy atom. The van der Waals surface area contributed by atoms with Gasteiger partial charge in [0.1, 0.15) is 17.9 Å². The van der Waals surface area contributed by atoms with Gasteiger partial charge in [-0.25, -0.2) is 19.6 Å². The number of fused-ring (bicyclic) bond motifs is 2. The molecule has 178 valence electrons. The maximum absolute atomic E-state index is 12.8. The lowest BCUT2D eigenvalue weighted by Crippen LogP contribution is -2.43. The van der Waals surface area contributed by atoms with Crippen LogP contribution in [0.3, 0.4) is 0 Å². The number of aryl methyl sites for hydroxylation is 1. The van der Waals surface area contributed by atoms with Gasteiger partial charge in [0, 0.05) is 18.6 Å². The van der Waals surface area contributed by atoms with Crippen LogP contribution in [-0.4, -0.2) is 86.2 Å². The smallest absolute Gasteiger partial charge is 0.424 e. The first-order valence-electron chi connectivity index (χ1n) is 9.89. The zero-order chi connectivity index (χ0) is 24.2. The van der Waals surface area contributed by atoms with E-state index in [9.17, 15) is 24.6 Å². The maximum atomic E-state index is 12.8. The van der Waals surface area contributed by atoms with Crippen LogP contribution in [-0.2, 0) is 23.8 Å². The van der Waals surface area contributed by atoms with Crippen molar-refractivity contribution in [3.63, 3.8) is 0 Å². The molecule has 4 heterocycles. The zero-order valence-electron chi connectivity index (χ0n) is 18.5. The molecule has 2 aromatic heterocycles. The Morgan fingerprint density at radius 1 is 1.15 bits per heavy atom. The van der Waals surface area contributed by atoms with Crippen molar-refractivity contribution in [3.05, 3.63) is 18.0 Å². The Kier molecular flexibility index (Phi) is 5.48. The summed E-state index contributed by atoms with van der Waals surface area (Å²) < 4.78 is 19.5. The van der Waals surface area contributed by atoms with E-state index in [4.69, 9.17) is 19.0 Å². The fraction of sp³-hybridized carbons (Fsp3) is 0.526. The Balaban J connectivity index is 1.80. The van der Waals surface area contributed by atoms with Gasteiger partial charge in [0.25, 0.3) is 5.91 Å². The summed E-state index contributed by atoms with van der Waals surface area (Å²) in [5.41, 5.74) is 0.557. The maximum Gasteiger partial charge on any atom is 0.424 e. The van der Waals surface area contributed by atoms with Crippen LogP contribution in [0, 0.1) is 6.92 Å². The van der Waals surface area contributed by atoms with Gasteiger partial charge in [0.2, 0.25) is 5.95 Å². The molecular weight excluding hydrogens is 442 g/mol. The van der Waals surface area contributed by atoms with Crippen LogP contribution in [0.2, 0.25) is 0 Å². The van der Waals surface area contributed by atoms with Crippen LogP contribution in [0.1, 0.15) is 25.8 Å². The fourth-order valence-electron chi connectivity index (χ4n) is 4.00. The van der Waals surface area contributed by atoms with Gasteiger partial charge in [-0.1, -0.05) is 0 Å². The molecule has 2 aliphatic rings. The standard InChI is InChI=1S/C19H23N5O9/c1-8-9-6-7-23(13(9)21-16(20-8)24(17(26)27)18(28)29)15-12-10(32-19(2,3)33-12)11(31-15)14(25)22(4)30-5/h6-7,10-12,15H,1-5H3,(H,26,27)(H,28,29)/t10-,11+,12-,15-/m1/s1. The Bertz CT molecular complexity index is 1120. The average Bonchev–Trinajstić information content (AvgIpc) is 3.37. The predicted molar refractivity (Wildman–Crippen MR) is 108 cm³/mol. The molecule has 4 rings (SSSR count). The van der Waals surface area contributed by atoms with Gasteiger partial charge < -0.3 is 29.0 Å². The Hall–Kier alpha value is -3.33. The Morgan fingerprint density at radius 3 is 2.39 bits per heavy atom. The first-order chi connectivity index (χ1) is 15.4. The van der Waals surface area contributed by atoms with Crippen molar-refractivity contribution in [2.24, 2.45) is 0 Å². The number of likely N-dealkylation sites (N-methyl/N-ethyl adjacent to an activating group) is 1. The average molecular weight is 465 g/mol. The highest BCUT2D eigenvalue weighted by Crippen LogP contribution is 2.44. The molecule has 14 nitrogen and oxygen atoms in total. The molecule has 2 N–H and O–H groups in total. The number of imide groups is 1. The van der Waals surface area contributed by atoms with Crippen molar-refractivity contribution >= 4 is 35.1 Å². The highest BCUT2D eigenvalue weighted by molar-refractivity contribution is 6.06. The van der Waals surface area contributed by atoms with Crippen molar-refractivity contribution in [3.8, 4) is 0 Å². The number of carbonyl (C=O) groups is 3. The number of carboxylic acid groups (broad SMARTS) is 2. The second kappa shape index (κ2) is 7.91. The van der Waals surface area contributed by atoms with Crippen molar-refractivity contribution in [1.29, 1.82) is 0 Å². The second-order valence-corrected chi connectivity index (χ2v) is 8.00. The van der Waals surface area contributed by atoms with E-state index in [1.807, 2.05) is 0 Å². The topological polar surface area (TPSA) is 166 Å². The number of amides is 3. The monoisotopic (exact) mass is 465 g/mol. The van der Waals surface area contributed by atoms with Crippen LogP contribution in [0.4, 0.5) is 15.5 Å². The van der Waals surface area contributed by atoms with E-state index < -0.39 is 54.4 Å². The molecule has 0 saturated carbocycles. The molecule has 2 saturated heterocycles. The summed E-state index contributed by atoms with van der Waals surface area (Å²) in [5.74, 6) is -2.02. The van der Waals surface area contributed by atoms with E-state index in [-0.39, 0.29) is 10.5 Å². The normalized spacial score (nSPS) is 25.7. The molecule has 33 heavy (non-hydrogen) atoms. The van der Waals surface area contributed by atoms with Crippen molar-refractivity contribution < 1.29 is 43.6 Å². The minimum absolute atomic E-state index is 0.0141. The lowest BCUT2D eigenvalue weighted by atomic mass is 10.1. The number of hydrogen-bond donors (Lipinski definition) is 2. The van der Waals surface area contributed by atoms with E-state index in [0.29, 0.717) is 11.1 Å². The number of hydrogen-bond acceptors (Lipinski definition) is 9. The van der Waals surface area contributed by atoms with Crippen LogP contribution in [0.25, 0.3) is 11.0 Å². The third kappa shape index (κ3) is 3.76. The summed E-state index contributed by atoms with van der Waals surface area (Å²) >= 11 is 0. The van der Waals surface area contributed by atoms with E-state index in [0.717, 1.165) is 5.06 Å². The number of aromatic nitrogens is 3. The molecule has 3 amide bonds. The van der Waals surface area contributed by atoms with Gasteiger partial charge >= 0.3 is 12.2 Å². The van der Waals surface area contributed by atoms with Gasteiger partial charge in [-0.2, -0.15) is 4.98 Å². The molecule has 4 atom stereocenters. The number of rotatable bonds is 4. The van der Waals surface area contributed by atoms with Gasteiger partial charge in [-0.15, -0.1) is 4.90 Å². The van der Waals surface area contributed by atoms with Crippen LogP contribution >= 0.6 is 0 Å². The fourth-order valence-corrected chi connectivity index (χ4v) is 4.00. The van der Waals surface area contributed by atoms with Gasteiger partial charge in [0.05, 0.1) is 12.8 Å². The molecule has 0 spiro atoms. The van der Waals surface area contributed by atoms with Crippen LogP contribution < -0.4 is 4.90 Å². The third-order valence-corrected chi connectivity index (χ3v) is 5.46. The summed E-state index contributed by atoms with van der Waals surface area (Å²) in [6, 6.07) is 1.68. The highest BCUT2D eigenvalue weighted by Gasteiger charge is 2.58. The quantitative estimate of drug-likeness (QED) is 0.626. The lowest BCUT2D eigenvalue weighted by Gasteiger charge is -2.26. The first-order valence-corrected chi connectivity index (χ1v) is 9.89. The molecule has 2 aromatic rings. The number of hydroxylamine groups is 2. The molecule has 0 bridgehead atoms. The van der Waals surface area contributed by atoms with Gasteiger partial charge in [-0.3, -0.25) is 9.63 Å². The molecule has 0 aromatic carbocycles. The van der Waals surface area contributed by atoms with Crippen LogP contribution in [0.5, 0.6) is 0 Å². The highest BCUT2D eigenvalue weighted by atomic mass is 16.8. The zero-order valence-corrected chi connectivity index (χ0v) is 18.5. The number of ether oxygens (including phenoxy) is 3. The summed E-state index contributed by atoms with van der Waals surface area (Å²) in [5, 5.41) is 20.1. The van der Waals surface area contributed by atoms with Crippen LogP contribution in [0.15, 0.2) is 12.3 Å². The summed E-state index contributed by atoms with van der Waals surface area (Å²) in [6.07, 6.45) is -5.31. The van der Waals surface area contributed by atoms with Crippen molar-refractivity contribution in [2.75, 3.05) is 19.1 Å². The summed E-state index contributed by atoms with van der Waals surface area (Å²) in [7, 11) is 2.78. The second-order valence-electron chi connectivity index (χ2n) is 8.00. The van der Waals surface area contributed by atoms with E-state index in [1.54, 1.807) is 33.0 Å². The predicted octanol–water partition coefficient (Wildman–Crippen LogP) is 1.34. The molecule has 2 aliphatic heterocycles. The van der Waals surface area contributed by atoms with E-state index >= 15 is 0 Å². The van der Waals surface area contributed by atoms with Gasteiger partial charge in [-0.05, 0) is 26.8 Å². The molecular formula is C19H23N5O9. The number of nitrogens with zero attached hydrogens (tertiary/aromatic N) is 5. The molecule has 2 fully saturated rings. The van der Waals surface area contributed by atoms with Crippen molar-refractivity contribution in [1.82, 2.24) is 19.6 Å². The molecule has 0 radical (unpaired) electrons. The minimum atomic E-state index is -1.75. The Labute approximate surface area is 187 Å². The van der Waals surface area contributed by atoms with Gasteiger partial charge in [0.15, 0.2) is 18.1 Å². The van der Waals surface area contributed by atoms with E-state index in [1.165, 1.54) is 18.7 Å². The number of carbonyl (C=O) groups excluding carboxylic acids is 1. The molecule has 14 heteroatoms. The molecule has 0 aliphatic carbocycles. The summed E-state index contributed by atoms with van der Waals surface area (Å²) in [4.78, 5) is 48.9. The largest absolute Gasteiger partial charge is 0.464 e. The molecule has 0 unspecified atom stereocenters. The SMILES string of the molecule is CON(C)C(=O)[C@H]1O[C@@H](n2ccc3c(C)nc(N(C(=O)O)C(=O)O)nc32)[C@@H]2OC(C)(C)O[C@@H]21. The number of anilines is 1. The first kappa shape index (κ1) is 22.8. The third-order valence-electron chi connectivity index (χ3n) is 5.46. The minimum Gasteiger partial charge on any atom is -0.464 e.